The molecule has 2 aromatic rings. The molecule has 0 N–H and O–H groups in total. The van der Waals surface area contributed by atoms with E-state index >= 15 is 0 Å². The van der Waals surface area contributed by atoms with Gasteiger partial charge in [-0.15, -0.1) is 0 Å². The fraction of sp³-hybridized carbons (Fsp3) is 0.474. The lowest BCUT2D eigenvalue weighted by atomic mass is 10.1. The molecule has 1 fully saturated rings. The first-order valence-electron chi connectivity index (χ1n) is 9.03. The molecule has 4 rings (SSSR count). The molecule has 1 aromatic carbocycles. The number of carbonyl (C=O) groups is 1. The van der Waals surface area contributed by atoms with Crippen LogP contribution in [0.4, 0.5) is 8.78 Å². The Kier molecular flexibility index (Phi) is 4.92. The van der Waals surface area contributed by atoms with Gasteiger partial charge < -0.3 is 14.2 Å². The predicted molar refractivity (Wildman–Crippen MR) is 94.2 cm³/mol. The van der Waals surface area contributed by atoms with Gasteiger partial charge in [-0.1, -0.05) is 30.3 Å². The van der Waals surface area contributed by atoms with Crippen LogP contribution in [0.2, 0.25) is 0 Å². The van der Waals surface area contributed by atoms with Gasteiger partial charge in [0.25, 0.3) is 5.92 Å². The van der Waals surface area contributed by atoms with E-state index in [1.807, 2.05) is 30.3 Å². The van der Waals surface area contributed by atoms with Crippen molar-refractivity contribution in [3.63, 3.8) is 0 Å². The van der Waals surface area contributed by atoms with E-state index in [0.29, 0.717) is 32.8 Å². The van der Waals surface area contributed by atoms with Crippen molar-refractivity contribution < 1.29 is 18.3 Å². The normalized spacial score (nSPS) is 21.6. The quantitative estimate of drug-likeness (QED) is 0.723. The first-order valence-corrected chi connectivity index (χ1v) is 9.03. The lowest BCUT2D eigenvalue weighted by Gasteiger charge is -2.42. The molecule has 0 unspecified atom stereocenters. The third-order valence-corrected chi connectivity index (χ3v) is 5.00. The van der Waals surface area contributed by atoms with Gasteiger partial charge in [-0.05, 0) is 5.56 Å². The van der Waals surface area contributed by atoms with Crippen LogP contribution in [0.1, 0.15) is 17.3 Å². The zero-order valence-electron chi connectivity index (χ0n) is 14.9. The maximum atomic E-state index is 13.1. The monoisotopic (exact) mass is 376 g/mol. The number of hydrogen-bond acceptors (Lipinski definition) is 4. The van der Waals surface area contributed by atoms with Gasteiger partial charge in [0.05, 0.1) is 38.3 Å². The number of imidazole rings is 1. The number of amides is 1. The zero-order valence-corrected chi connectivity index (χ0v) is 14.9. The molecule has 1 atom stereocenters. The molecule has 0 bridgehead atoms. The topological polar surface area (TPSA) is 50.6 Å². The van der Waals surface area contributed by atoms with Crippen LogP contribution in [0.3, 0.4) is 0 Å². The molecule has 27 heavy (non-hydrogen) atoms. The molecular formula is C19H22F2N4O2. The van der Waals surface area contributed by atoms with E-state index in [1.165, 1.54) is 4.90 Å². The van der Waals surface area contributed by atoms with E-state index in [9.17, 15) is 13.6 Å². The summed E-state index contributed by atoms with van der Waals surface area (Å²) in [7, 11) is 0. The van der Waals surface area contributed by atoms with Crippen LogP contribution >= 0.6 is 0 Å². The van der Waals surface area contributed by atoms with E-state index in [-0.39, 0.29) is 5.91 Å². The molecule has 8 heteroatoms. The molecule has 0 radical (unpaired) electrons. The van der Waals surface area contributed by atoms with Crippen LogP contribution in [0.5, 0.6) is 0 Å². The minimum Gasteiger partial charge on any atom is -0.375 e. The maximum Gasteiger partial charge on any atom is 0.282 e. The summed E-state index contributed by atoms with van der Waals surface area (Å²) < 4.78 is 33.8. The summed E-state index contributed by atoms with van der Waals surface area (Å²) in [5, 5.41) is 0. The second kappa shape index (κ2) is 7.36. The van der Waals surface area contributed by atoms with Crippen LogP contribution in [-0.4, -0.2) is 64.0 Å². The molecule has 1 saturated heterocycles. The van der Waals surface area contributed by atoms with Crippen LogP contribution in [0.25, 0.3) is 0 Å². The first-order chi connectivity index (χ1) is 13.0. The summed E-state index contributed by atoms with van der Waals surface area (Å²) in [6.45, 7) is 1.88. The molecule has 1 amide bonds. The van der Waals surface area contributed by atoms with Crippen molar-refractivity contribution in [1.82, 2.24) is 19.4 Å². The van der Waals surface area contributed by atoms with Crippen molar-refractivity contribution in [1.29, 1.82) is 0 Å². The number of benzene rings is 1. The number of ether oxygens (including phenoxy) is 1. The summed E-state index contributed by atoms with van der Waals surface area (Å²) in [5.74, 6) is -3.03. The van der Waals surface area contributed by atoms with Crippen molar-refractivity contribution in [3.8, 4) is 0 Å². The number of aromatic nitrogens is 2. The fourth-order valence-electron chi connectivity index (χ4n) is 3.57. The van der Waals surface area contributed by atoms with Crippen LogP contribution in [0.15, 0.2) is 42.9 Å². The van der Waals surface area contributed by atoms with E-state index in [0.717, 1.165) is 11.3 Å². The first kappa shape index (κ1) is 18.1. The molecule has 0 spiro atoms. The average molecular weight is 376 g/mol. The Balaban J connectivity index is 1.33. The highest BCUT2D eigenvalue weighted by atomic mass is 19.3. The molecule has 144 valence electrons. The van der Waals surface area contributed by atoms with E-state index in [2.05, 4.69) is 9.88 Å². The smallest absolute Gasteiger partial charge is 0.282 e. The number of carbonyl (C=O) groups excluding carboxylic acids is 1. The average Bonchev–Trinajstić information content (AvgIpc) is 3.11. The molecule has 3 heterocycles. The number of likely N-dealkylation sites (tertiary alicyclic amines) is 1. The van der Waals surface area contributed by atoms with Crippen molar-refractivity contribution in [2.45, 2.75) is 25.1 Å². The van der Waals surface area contributed by atoms with Crippen LogP contribution in [0, 0.1) is 0 Å². The molecule has 0 aliphatic carbocycles. The number of nitrogens with zero attached hydrogens (tertiary/aromatic N) is 4. The third-order valence-electron chi connectivity index (χ3n) is 5.00. The second-order valence-electron chi connectivity index (χ2n) is 7.13. The highest BCUT2D eigenvalue weighted by molar-refractivity contribution is 5.82. The third kappa shape index (κ3) is 4.01. The molecule has 6 nitrogen and oxygen atoms in total. The van der Waals surface area contributed by atoms with Crippen LogP contribution in [-0.2, 0) is 22.7 Å². The Morgan fingerprint density at radius 2 is 2.04 bits per heavy atom. The second-order valence-corrected chi connectivity index (χ2v) is 7.13. The van der Waals surface area contributed by atoms with Gasteiger partial charge in [0, 0.05) is 25.8 Å². The van der Waals surface area contributed by atoms with Gasteiger partial charge in [0.2, 0.25) is 5.91 Å². The van der Waals surface area contributed by atoms with E-state index in [1.54, 1.807) is 17.1 Å². The van der Waals surface area contributed by atoms with Gasteiger partial charge in [-0.2, -0.15) is 0 Å². The maximum absolute atomic E-state index is 13.1. The molecular weight excluding hydrogens is 354 g/mol. The van der Waals surface area contributed by atoms with E-state index < -0.39 is 25.1 Å². The molecule has 2 aliphatic rings. The van der Waals surface area contributed by atoms with Crippen LogP contribution < -0.4 is 0 Å². The Hall–Kier alpha value is -2.32. The standard InChI is InChI=1S/C19H22F2N4O2/c20-19(21)12-24(13-19)18(26)17-10-23(9-16-8-22-14-25(16)17)6-7-27-11-15-4-2-1-3-5-15/h1-5,8,14,17H,6-7,9-13H2/t17-/m0/s1. The Bertz CT molecular complexity index is 788. The predicted octanol–water partition coefficient (Wildman–Crippen LogP) is 1.93. The molecule has 2 aliphatic heterocycles. The SMILES string of the molecule is O=C([C@@H]1CN(CCOCc2ccccc2)Cc2cncn21)N1CC(F)(F)C1. The number of rotatable bonds is 6. The van der Waals surface area contributed by atoms with Gasteiger partial charge in [-0.25, -0.2) is 13.8 Å². The number of hydrogen-bond donors (Lipinski definition) is 0. The highest BCUT2D eigenvalue weighted by Gasteiger charge is 2.48. The van der Waals surface area contributed by atoms with Gasteiger partial charge in [0.1, 0.15) is 6.04 Å². The minimum absolute atomic E-state index is 0.268. The number of halogens is 2. The van der Waals surface area contributed by atoms with Crippen molar-refractivity contribution in [2.75, 3.05) is 32.8 Å². The lowest BCUT2D eigenvalue weighted by Crippen LogP contribution is -2.61. The highest BCUT2D eigenvalue weighted by Crippen LogP contribution is 2.31. The number of fused-ring (bicyclic) bond motifs is 1. The molecule has 1 aromatic heterocycles. The zero-order chi connectivity index (χ0) is 18.9. The minimum atomic E-state index is -2.76. The summed E-state index contributed by atoms with van der Waals surface area (Å²) >= 11 is 0. The Morgan fingerprint density at radius 1 is 1.26 bits per heavy atom. The summed E-state index contributed by atoms with van der Waals surface area (Å²) in [4.78, 5) is 20.1. The summed E-state index contributed by atoms with van der Waals surface area (Å²) in [5.41, 5.74) is 2.02. The summed E-state index contributed by atoms with van der Waals surface area (Å²) in [6.07, 6.45) is 3.33. The van der Waals surface area contributed by atoms with Crippen molar-refractivity contribution in [2.24, 2.45) is 0 Å². The van der Waals surface area contributed by atoms with Gasteiger partial charge in [-0.3, -0.25) is 9.69 Å². The largest absolute Gasteiger partial charge is 0.375 e. The Labute approximate surface area is 156 Å². The van der Waals surface area contributed by atoms with E-state index in [4.69, 9.17) is 4.74 Å². The molecule has 0 saturated carbocycles. The lowest BCUT2D eigenvalue weighted by molar-refractivity contribution is -0.170. The van der Waals surface area contributed by atoms with Gasteiger partial charge >= 0.3 is 0 Å². The number of alkyl halides is 2. The van der Waals surface area contributed by atoms with Crippen molar-refractivity contribution >= 4 is 5.91 Å². The van der Waals surface area contributed by atoms with Gasteiger partial charge in [0.15, 0.2) is 0 Å². The Morgan fingerprint density at radius 3 is 2.78 bits per heavy atom. The fourth-order valence-corrected chi connectivity index (χ4v) is 3.57. The van der Waals surface area contributed by atoms with Crippen molar-refractivity contribution in [3.05, 3.63) is 54.1 Å². The summed E-state index contributed by atoms with van der Waals surface area (Å²) in [6, 6.07) is 9.42.